The summed E-state index contributed by atoms with van der Waals surface area (Å²) < 4.78 is 45.7. The van der Waals surface area contributed by atoms with Gasteiger partial charge in [-0.2, -0.15) is 0 Å². The Balaban J connectivity index is 2.16. The van der Waals surface area contributed by atoms with Gasteiger partial charge in [0.25, 0.3) is 0 Å². The lowest BCUT2D eigenvalue weighted by Crippen LogP contribution is -2.26. The molecule has 2 aromatic rings. The molecule has 0 fully saturated rings. The number of hydrogen-bond donors (Lipinski definition) is 1. The summed E-state index contributed by atoms with van der Waals surface area (Å²) in [5.41, 5.74) is 0.347. The predicted molar refractivity (Wildman–Crippen MR) is 87.2 cm³/mol. The molecule has 1 N–H and O–H groups in total. The Bertz CT molecular complexity index is 765. The number of ether oxygens (including phenoxy) is 1. The van der Waals surface area contributed by atoms with E-state index in [0.717, 1.165) is 17.7 Å². The molecule has 0 aliphatic carbocycles. The third-order valence-electron chi connectivity index (χ3n) is 2.97. The Kier molecular flexibility index (Phi) is 5.06. The first-order valence-corrected chi connectivity index (χ1v) is 8.68. The summed E-state index contributed by atoms with van der Waals surface area (Å²) in [6.45, 7) is 5.86. The Morgan fingerprint density at radius 2 is 1.65 bits per heavy atom. The first-order chi connectivity index (χ1) is 10.7. The molecule has 0 radical (unpaired) electrons. The molecule has 0 aliphatic heterocycles. The summed E-state index contributed by atoms with van der Waals surface area (Å²) in [4.78, 5) is 0.0214. The van der Waals surface area contributed by atoms with Gasteiger partial charge in [-0.15, -0.1) is 0 Å². The minimum absolute atomic E-state index is 0.0214. The topological polar surface area (TPSA) is 55.4 Å². The second kappa shape index (κ2) is 6.68. The van der Waals surface area contributed by atoms with Crippen LogP contribution >= 0.6 is 0 Å². The molecule has 0 bridgehead atoms. The lowest BCUT2D eigenvalue weighted by atomic mass is 10.1. The highest BCUT2D eigenvalue weighted by Gasteiger charge is 2.17. The molecule has 0 saturated heterocycles. The maximum Gasteiger partial charge on any atom is 0.240 e. The van der Waals surface area contributed by atoms with Gasteiger partial charge in [0.05, 0.1) is 4.90 Å². The van der Waals surface area contributed by atoms with Crippen molar-refractivity contribution in [2.24, 2.45) is 0 Å². The molecule has 124 valence electrons. The average Bonchev–Trinajstić information content (AvgIpc) is 2.45. The molecule has 0 aliphatic rings. The van der Waals surface area contributed by atoms with Gasteiger partial charge in [0.2, 0.25) is 10.0 Å². The zero-order chi connectivity index (χ0) is 17.1. The van der Waals surface area contributed by atoms with Crippen LogP contribution < -0.4 is 9.46 Å². The minimum Gasteiger partial charge on any atom is -0.488 e. The maximum atomic E-state index is 12.9. The third-order valence-corrected chi connectivity index (χ3v) is 4.38. The standard InChI is InChI=1S/C17H20FNO3S/c1-17(2,3)22-16-7-5-4-6-13(16)12-19-23(20,21)15-10-8-14(18)9-11-15/h4-11,19H,12H2,1-3H3. The number of rotatable bonds is 5. The molecule has 0 unspecified atom stereocenters. The molecule has 0 atom stereocenters. The van der Waals surface area contributed by atoms with Crippen molar-refractivity contribution in [2.45, 2.75) is 37.8 Å². The van der Waals surface area contributed by atoms with E-state index in [4.69, 9.17) is 4.74 Å². The molecular formula is C17H20FNO3S. The van der Waals surface area contributed by atoms with E-state index in [9.17, 15) is 12.8 Å². The molecular weight excluding hydrogens is 317 g/mol. The first kappa shape index (κ1) is 17.4. The van der Waals surface area contributed by atoms with Crippen LogP contribution in [0.3, 0.4) is 0 Å². The smallest absolute Gasteiger partial charge is 0.240 e. The van der Waals surface area contributed by atoms with Crippen LogP contribution in [0.5, 0.6) is 5.75 Å². The molecule has 0 saturated carbocycles. The van der Waals surface area contributed by atoms with E-state index in [1.165, 1.54) is 12.1 Å². The predicted octanol–water partition coefficient (Wildman–Crippen LogP) is 3.48. The fraction of sp³-hybridized carbons (Fsp3) is 0.294. The van der Waals surface area contributed by atoms with E-state index >= 15 is 0 Å². The maximum absolute atomic E-state index is 12.9. The van der Waals surface area contributed by atoms with Crippen LogP contribution in [0.4, 0.5) is 4.39 Å². The zero-order valence-electron chi connectivity index (χ0n) is 13.3. The van der Waals surface area contributed by atoms with Crippen molar-refractivity contribution >= 4 is 10.0 Å². The fourth-order valence-corrected chi connectivity index (χ4v) is 2.96. The van der Waals surface area contributed by atoms with E-state index in [0.29, 0.717) is 5.75 Å². The van der Waals surface area contributed by atoms with Crippen molar-refractivity contribution in [1.29, 1.82) is 0 Å². The zero-order valence-corrected chi connectivity index (χ0v) is 14.2. The third kappa shape index (κ3) is 5.04. The normalized spacial score (nSPS) is 12.2. The molecule has 0 amide bonds. The monoisotopic (exact) mass is 337 g/mol. The second-order valence-electron chi connectivity index (χ2n) is 6.10. The summed E-state index contributed by atoms with van der Waals surface area (Å²) in [7, 11) is -3.71. The molecule has 2 aromatic carbocycles. The van der Waals surface area contributed by atoms with E-state index in [-0.39, 0.29) is 17.0 Å². The molecule has 0 aromatic heterocycles. The number of halogens is 1. The van der Waals surface area contributed by atoms with E-state index in [1.54, 1.807) is 12.1 Å². The largest absolute Gasteiger partial charge is 0.488 e. The van der Waals surface area contributed by atoms with Gasteiger partial charge >= 0.3 is 0 Å². The summed E-state index contributed by atoms with van der Waals surface area (Å²) in [6.07, 6.45) is 0. The molecule has 0 spiro atoms. The highest BCUT2D eigenvalue weighted by molar-refractivity contribution is 7.89. The van der Waals surface area contributed by atoms with Crippen LogP contribution in [-0.2, 0) is 16.6 Å². The van der Waals surface area contributed by atoms with Crippen LogP contribution in [0.1, 0.15) is 26.3 Å². The van der Waals surface area contributed by atoms with Gasteiger partial charge in [-0.1, -0.05) is 18.2 Å². The molecule has 23 heavy (non-hydrogen) atoms. The molecule has 6 heteroatoms. The Labute approximate surface area is 136 Å². The highest BCUT2D eigenvalue weighted by Crippen LogP contribution is 2.23. The van der Waals surface area contributed by atoms with Crippen LogP contribution in [0.15, 0.2) is 53.4 Å². The van der Waals surface area contributed by atoms with Crippen molar-refractivity contribution in [3.8, 4) is 5.75 Å². The fourth-order valence-electron chi connectivity index (χ4n) is 1.95. The highest BCUT2D eigenvalue weighted by atomic mass is 32.2. The lowest BCUT2D eigenvalue weighted by Gasteiger charge is -2.23. The van der Waals surface area contributed by atoms with Crippen LogP contribution in [-0.4, -0.2) is 14.0 Å². The van der Waals surface area contributed by atoms with Crippen molar-refractivity contribution in [1.82, 2.24) is 4.72 Å². The van der Waals surface area contributed by atoms with Gasteiger partial charge in [0, 0.05) is 12.1 Å². The van der Waals surface area contributed by atoms with Crippen LogP contribution in [0.2, 0.25) is 0 Å². The SMILES string of the molecule is CC(C)(C)Oc1ccccc1CNS(=O)(=O)c1ccc(F)cc1. The number of hydrogen-bond acceptors (Lipinski definition) is 3. The summed E-state index contributed by atoms with van der Waals surface area (Å²) in [5.74, 6) is 0.148. The summed E-state index contributed by atoms with van der Waals surface area (Å²) >= 11 is 0. The van der Waals surface area contributed by atoms with Crippen molar-refractivity contribution in [2.75, 3.05) is 0 Å². The van der Waals surface area contributed by atoms with Gasteiger partial charge in [-0.3, -0.25) is 0 Å². The number of sulfonamides is 1. The van der Waals surface area contributed by atoms with Crippen molar-refractivity contribution in [3.05, 3.63) is 59.9 Å². The summed E-state index contributed by atoms with van der Waals surface area (Å²) in [6, 6.07) is 11.9. The lowest BCUT2D eigenvalue weighted by molar-refractivity contribution is 0.129. The van der Waals surface area contributed by atoms with Crippen molar-refractivity contribution in [3.63, 3.8) is 0 Å². The van der Waals surface area contributed by atoms with Gasteiger partial charge in [-0.25, -0.2) is 17.5 Å². The Morgan fingerprint density at radius 1 is 1.04 bits per heavy atom. The second-order valence-corrected chi connectivity index (χ2v) is 7.87. The Hall–Kier alpha value is -1.92. The Morgan fingerprint density at radius 3 is 2.26 bits per heavy atom. The van der Waals surface area contributed by atoms with Gasteiger partial charge in [-0.05, 0) is 51.1 Å². The number of nitrogens with one attached hydrogen (secondary N) is 1. The molecule has 0 heterocycles. The minimum atomic E-state index is -3.71. The first-order valence-electron chi connectivity index (χ1n) is 7.19. The van der Waals surface area contributed by atoms with E-state index < -0.39 is 15.8 Å². The van der Waals surface area contributed by atoms with E-state index in [1.807, 2.05) is 32.9 Å². The van der Waals surface area contributed by atoms with E-state index in [2.05, 4.69) is 4.72 Å². The molecule has 2 rings (SSSR count). The van der Waals surface area contributed by atoms with Gasteiger partial charge < -0.3 is 4.74 Å². The van der Waals surface area contributed by atoms with Gasteiger partial charge in [0.1, 0.15) is 17.2 Å². The number of para-hydroxylation sites is 1. The number of benzene rings is 2. The van der Waals surface area contributed by atoms with Crippen LogP contribution in [0.25, 0.3) is 0 Å². The summed E-state index contributed by atoms with van der Waals surface area (Å²) in [5, 5.41) is 0. The van der Waals surface area contributed by atoms with Gasteiger partial charge in [0.15, 0.2) is 0 Å². The van der Waals surface area contributed by atoms with Crippen molar-refractivity contribution < 1.29 is 17.5 Å². The average molecular weight is 337 g/mol. The quantitative estimate of drug-likeness (QED) is 0.909. The molecule has 4 nitrogen and oxygen atoms in total. The van der Waals surface area contributed by atoms with Crippen LogP contribution in [0, 0.1) is 5.82 Å².